The van der Waals surface area contributed by atoms with Crippen LogP contribution in [0.2, 0.25) is 0 Å². The molecule has 0 spiro atoms. The molecular weight excluding hydrogens is 1700 g/mol. The van der Waals surface area contributed by atoms with Crippen molar-refractivity contribution in [2.45, 2.75) is 520 Å². The zero-order valence-corrected chi connectivity index (χ0v) is 102. The van der Waals surface area contributed by atoms with Crippen LogP contribution in [-0.4, -0.2) is 398 Å². The van der Waals surface area contributed by atoms with E-state index in [9.17, 15) is 9.90 Å². The minimum Gasteiger partial charge on any atom is -0.396 e. The molecule has 0 aromatic rings. The lowest BCUT2D eigenvalue weighted by atomic mass is 9.89. The molecule has 21 nitrogen and oxygen atoms in total. The van der Waals surface area contributed by atoms with E-state index in [0.29, 0.717) is 152 Å². The normalized spacial score (nSPS) is 28.0. The summed E-state index contributed by atoms with van der Waals surface area (Å²) in [6.45, 7) is 127. The number of aliphatic hydroxyl groups excluding tert-OH is 1. The average Bonchev–Trinajstić information content (AvgIpc) is 1.35. The molecular formula is C117H253N19O2. The first-order valence-corrected chi connectivity index (χ1v) is 58.3. The number of ketones is 1. The summed E-state index contributed by atoms with van der Waals surface area (Å²) >= 11 is 0. The van der Waals surface area contributed by atoms with E-state index in [1.54, 1.807) is 0 Å². The number of nitrogens with zero attached hydrogens (tertiary/aromatic N) is 13. The van der Waals surface area contributed by atoms with E-state index in [4.69, 9.17) is 5.73 Å². The second-order valence-corrected chi connectivity index (χ2v) is 50.9. The molecule has 0 aromatic carbocycles. The van der Waals surface area contributed by atoms with Crippen molar-refractivity contribution in [3.05, 3.63) is 0 Å². The molecule has 10 saturated heterocycles. The molecule has 0 aromatic heterocycles. The van der Waals surface area contributed by atoms with Gasteiger partial charge in [0.1, 0.15) is 0 Å². The van der Waals surface area contributed by atoms with E-state index in [1.807, 2.05) is 13.8 Å². The third kappa shape index (κ3) is 54.4. The number of hydrogen-bond acceptors (Lipinski definition) is 21. The van der Waals surface area contributed by atoms with Crippen LogP contribution in [-0.2, 0) is 4.79 Å². The van der Waals surface area contributed by atoms with Crippen molar-refractivity contribution in [2.75, 3.05) is 172 Å². The van der Waals surface area contributed by atoms with Gasteiger partial charge in [0.25, 0.3) is 0 Å². The van der Waals surface area contributed by atoms with Crippen LogP contribution in [0.3, 0.4) is 0 Å². The number of likely N-dealkylation sites (N-methyl/N-ethyl adjacent to an activating group) is 3. The van der Waals surface area contributed by atoms with Gasteiger partial charge >= 0.3 is 0 Å². The third-order valence-electron chi connectivity index (χ3n) is 31.4. The van der Waals surface area contributed by atoms with E-state index in [-0.39, 0.29) is 6.04 Å². The second-order valence-electron chi connectivity index (χ2n) is 50.9. The Kier molecular flexibility index (Phi) is 71.7. The Morgan fingerprint density at radius 1 is 0.319 bits per heavy atom. The van der Waals surface area contributed by atoms with Crippen molar-refractivity contribution in [3.63, 3.8) is 0 Å². The topological polar surface area (TPSA) is 166 Å². The predicted molar refractivity (Wildman–Crippen MR) is 612 cm³/mol. The van der Waals surface area contributed by atoms with Gasteiger partial charge in [0.2, 0.25) is 0 Å². The fourth-order valence-corrected chi connectivity index (χ4v) is 23.1. The Balaban J connectivity index is 0.00000151. The Bertz CT molecular complexity index is 2740. The van der Waals surface area contributed by atoms with Crippen LogP contribution in [0, 0.1) is 65.1 Å². The van der Waals surface area contributed by atoms with E-state index < -0.39 is 0 Å². The number of nitrogens with two attached hydrogens (primary N) is 1. The predicted octanol–water partition coefficient (Wildman–Crippen LogP) is 19.3. The summed E-state index contributed by atoms with van der Waals surface area (Å²) in [7, 11) is 8.65. The monoisotopic (exact) mass is 1960 g/mol. The maximum absolute atomic E-state index is 11.5. The van der Waals surface area contributed by atoms with Gasteiger partial charge in [0.15, 0.2) is 5.78 Å². The van der Waals surface area contributed by atoms with Gasteiger partial charge in [-0.25, -0.2) is 0 Å². The van der Waals surface area contributed by atoms with Crippen molar-refractivity contribution >= 4 is 5.78 Å². The van der Waals surface area contributed by atoms with Crippen LogP contribution in [0.4, 0.5) is 0 Å². The molecule has 0 amide bonds. The first-order chi connectivity index (χ1) is 64.2. The summed E-state index contributed by atoms with van der Waals surface area (Å²) in [6.07, 6.45) is 12.0. The maximum Gasteiger partial charge on any atom is 0.164 e. The van der Waals surface area contributed by atoms with Crippen molar-refractivity contribution in [1.29, 1.82) is 0 Å². The van der Waals surface area contributed by atoms with Gasteiger partial charge < -0.3 is 47.2 Å². The quantitative estimate of drug-likeness (QED) is 0.0340. The number of aliphatic hydroxyl groups is 1. The van der Waals surface area contributed by atoms with Gasteiger partial charge in [-0.1, -0.05) is 125 Å². The van der Waals surface area contributed by atoms with Crippen LogP contribution < -0.4 is 32.3 Å². The first-order valence-electron chi connectivity index (χ1n) is 58.3. The average molecular weight is 1960 g/mol. The highest BCUT2D eigenvalue weighted by molar-refractivity contribution is 5.88. The Hall–Kier alpha value is -1.13. The minimum atomic E-state index is 0.0578. The van der Waals surface area contributed by atoms with Crippen molar-refractivity contribution < 1.29 is 9.90 Å². The maximum atomic E-state index is 11.5. The molecule has 0 radical (unpaired) electrons. The molecule has 0 unspecified atom stereocenters. The highest BCUT2D eigenvalue weighted by atomic mass is 16.3. The molecule has 0 saturated carbocycles. The molecule has 8 N–H and O–H groups in total. The van der Waals surface area contributed by atoms with Gasteiger partial charge in [-0.15, -0.1) is 0 Å². The molecule has 10 aliphatic heterocycles. The van der Waals surface area contributed by atoms with E-state index in [2.05, 4.69) is 416 Å². The molecule has 21 heteroatoms. The number of piperazine rings is 2. The SMILES string of the molecule is CC.CC(C)C[C@@H]1CN(C(C)C)C[C@H]1CO.CC(C)C[C@@H]1CN(C(C)C)C[C@H]1N.CC(C)C[C@@H]1CN(C(C)C)C[C@H]1N(C)C.CC(C)N1CCN(C(C)C)[C@H](C)C1.CC(C)N1CCN(C(C)C)[C@H](C)[C@H]1C.CC(C)N[C@@H]1CCCN(C(C)C)C1.CC(C)N[C@@H]1CN(C(C)C)CC1=O.CC(C)N[C@H]1CCCN(C(C)C)C1.CN[C@@H]1CN(C(C)C)C[C@H]1CC(C)C.CN[C@H]1CN(C(C)C)C[C@H]1CC(C)C. The molecule has 828 valence electrons. The lowest BCUT2D eigenvalue weighted by Crippen LogP contribution is -2.60. The lowest BCUT2D eigenvalue weighted by Gasteiger charge is -2.48. The molecule has 10 rings (SSSR count). The third-order valence-corrected chi connectivity index (χ3v) is 31.4. The Labute approximate surface area is 864 Å². The number of Topliss-reactive ketones (excluding diaryl/α,β-unsaturated/α-hetero) is 1. The van der Waals surface area contributed by atoms with E-state index >= 15 is 0 Å². The lowest BCUT2D eigenvalue weighted by molar-refractivity contribution is -0.118. The fourth-order valence-electron chi connectivity index (χ4n) is 23.1. The first kappa shape index (κ1) is 137. The Morgan fingerprint density at radius 3 is 0.928 bits per heavy atom. The van der Waals surface area contributed by atoms with Crippen LogP contribution in [0.25, 0.3) is 0 Å². The molecule has 10 aliphatic rings. The fraction of sp³-hybridized carbons (Fsp3) is 0.991. The number of rotatable bonds is 32. The molecule has 10 fully saturated rings. The Morgan fingerprint density at radius 2 is 0.616 bits per heavy atom. The van der Waals surface area contributed by atoms with Crippen molar-refractivity contribution in [3.8, 4) is 0 Å². The zero-order chi connectivity index (χ0) is 106. The summed E-state index contributed by atoms with van der Waals surface area (Å²) in [5, 5.41) is 26.8. The molecule has 10 heterocycles. The summed E-state index contributed by atoms with van der Waals surface area (Å²) < 4.78 is 0. The van der Waals surface area contributed by atoms with Gasteiger partial charge in [0.05, 0.1) is 12.6 Å². The number of hydrogen-bond donors (Lipinski definition) is 7. The van der Waals surface area contributed by atoms with E-state index in [0.717, 1.165) is 97.1 Å². The number of likely N-dealkylation sites (tertiary alicyclic amines) is 8. The summed E-state index contributed by atoms with van der Waals surface area (Å²) in [4.78, 5) is 44.5. The van der Waals surface area contributed by atoms with Crippen molar-refractivity contribution in [1.82, 2.24) is 90.3 Å². The number of piperidine rings is 2. The molecule has 138 heavy (non-hydrogen) atoms. The van der Waals surface area contributed by atoms with Gasteiger partial charge in [-0.2, -0.15) is 0 Å². The summed E-state index contributed by atoms with van der Waals surface area (Å²) in [5.74, 6) is 8.85. The van der Waals surface area contributed by atoms with Crippen LogP contribution in [0.5, 0.6) is 0 Å². The smallest absolute Gasteiger partial charge is 0.164 e. The van der Waals surface area contributed by atoms with Crippen LogP contribution in [0.15, 0.2) is 0 Å². The number of carbonyl (C=O) groups excluding carboxylic acids is 1. The summed E-state index contributed by atoms with van der Waals surface area (Å²) in [6, 6.07) is 15.8. The highest BCUT2D eigenvalue weighted by Crippen LogP contribution is 2.33. The largest absolute Gasteiger partial charge is 0.396 e. The van der Waals surface area contributed by atoms with Crippen LogP contribution in [0.1, 0.15) is 369 Å². The molecule has 0 aliphatic carbocycles. The molecule has 16 atom stereocenters. The highest BCUT2D eigenvalue weighted by Gasteiger charge is 2.41. The number of carbonyl (C=O) groups is 1. The van der Waals surface area contributed by atoms with Crippen molar-refractivity contribution in [2.24, 2.45) is 70.8 Å². The zero-order valence-electron chi connectivity index (χ0n) is 102. The summed E-state index contributed by atoms with van der Waals surface area (Å²) in [5.41, 5.74) is 6.11. The van der Waals surface area contributed by atoms with Crippen LogP contribution >= 0.6 is 0 Å². The minimum absolute atomic E-state index is 0.0578. The molecule has 0 bridgehead atoms. The standard InChI is InChI=1S/C13H28N2.3C12H26N2.C12H25NO.4C11H24N2.C10H20N2O.C2H6/c1-10(2)7-12-8-15(11(3)4)9-13(12)14(5)6;2*1-9(2)6-11-7-14(10(3)4)8-12(11)13-5;1-9(2)13-7-8-14(10(3)4)12(6)11(13)5;1-9(2)5-11-6-13(10(3)4)7-12(11)8-14;1-8(2)5-10-6-13(9(3)4)7-11(10)12;1-9(2)12-6-7-13(10(3)4)11(5)8-12;2*1-9(2)12-11-6-5-7-13(8-11)10(3)4;1-7(2)11-9-5-12(8(3)4)6-10(9)13;1-2/h10-13H,7-9H2,1-6H3;2*9-13H,6-8H2,1-5H3;9-12H,7-8H2,1-6H3;9-12,14H,5-8H2,1-4H3;8-11H,5-7,12H2,1-4H3;9-11H,6-8H2,1-5H3;2*9-12H,5-8H2,1-4H3;7-9,11H,5-6H2,1-4H3;1-2H3/t12-,13-;11-,12+;2*11-,12-;11-,12+;10-,11-;3*11-;9-;/m1111111101./s1. The van der Waals surface area contributed by atoms with E-state index in [1.165, 1.54) is 169 Å². The second kappa shape index (κ2) is 72.3. The van der Waals surface area contributed by atoms with Gasteiger partial charge in [-0.05, 0) is 351 Å². The van der Waals surface area contributed by atoms with Gasteiger partial charge in [0, 0.05) is 269 Å². The number of nitrogens with one attached hydrogen (secondary N) is 5. The van der Waals surface area contributed by atoms with Gasteiger partial charge in [-0.3, -0.25) is 58.7 Å².